The van der Waals surface area contributed by atoms with E-state index in [1.807, 2.05) is 36.4 Å². The quantitative estimate of drug-likeness (QED) is 0.911. The summed E-state index contributed by atoms with van der Waals surface area (Å²) in [5, 5.41) is 14.3. The molecule has 0 aliphatic carbocycles. The van der Waals surface area contributed by atoms with E-state index in [-0.39, 0.29) is 11.4 Å². The minimum absolute atomic E-state index is 0.0560. The van der Waals surface area contributed by atoms with Crippen molar-refractivity contribution in [1.29, 1.82) is 5.26 Å². The Morgan fingerprint density at radius 2 is 2.00 bits per heavy atom. The van der Waals surface area contributed by atoms with E-state index in [0.29, 0.717) is 38.4 Å². The minimum atomic E-state index is -0.0804. The second-order valence-corrected chi connectivity index (χ2v) is 6.28. The van der Waals surface area contributed by atoms with Crippen LogP contribution in [0.4, 0.5) is 0 Å². The molecule has 5 heteroatoms. The molecule has 0 atom stereocenters. The van der Waals surface area contributed by atoms with Crippen molar-refractivity contribution in [2.75, 3.05) is 26.3 Å². The van der Waals surface area contributed by atoms with Crippen molar-refractivity contribution in [2.24, 2.45) is 0 Å². The summed E-state index contributed by atoms with van der Waals surface area (Å²) in [5.41, 5.74) is 1.74. The molecule has 2 aliphatic heterocycles. The highest BCUT2D eigenvalue weighted by Crippen LogP contribution is 2.31. The normalized spacial score (nSPS) is 20.0. The van der Waals surface area contributed by atoms with E-state index in [0.717, 1.165) is 16.3 Å². The third-order valence-electron chi connectivity index (χ3n) is 4.86. The molecule has 0 radical (unpaired) electrons. The standard InChI is InChI=1S/C18H17N3O2/c19-7-13-5-6-14(16-4-2-1-3-15(13)16)8-21-9-17(22)20-10-18(21)11-23-12-18/h1-6H,8-12H2,(H,20,22). The fourth-order valence-electron chi connectivity index (χ4n) is 3.42. The Bertz CT molecular complexity index is 821. The molecule has 2 heterocycles. The van der Waals surface area contributed by atoms with Crippen molar-refractivity contribution in [1.82, 2.24) is 10.2 Å². The molecule has 0 bridgehead atoms. The van der Waals surface area contributed by atoms with Gasteiger partial charge in [0.15, 0.2) is 0 Å². The molecule has 1 N–H and O–H groups in total. The van der Waals surface area contributed by atoms with Gasteiger partial charge < -0.3 is 10.1 Å². The van der Waals surface area contributed by atoms with Gasteiger partial charge in [-0.2, -0.15) is 5.26 Å². The van der Waals surface area contributed by atoms with Crippen LogP contribution in [0.5, 0.6) is 0 Å². The summed E-state index contributed by atoms with van der Waals surface area (Å²) in [7, 11) is 0. The van der Waals surface area contributed by atoms with E-state index in [4.69, 9.17) is 4.74 Å². The maximum Gasteiger partial charge on any atom is 0.234 e. The highest BCUT2D eigenvalue weighted by Gasteiger charge is 2.47. The molecule has 1 spiro atoms. The number of amides is 1. The molecule has 23 heavy (non-hydrogen) atoms. The summed E-state index contributed by atoms with van der Waals surface area (Å²) in [5.74, 6) is 0.0560. The van der Waals surface area contributed by atoms with Crippen molar-refractivity contribution in [3.63, 3.8) is 0 Å². The van der Waals surface area contributed by atoms with Crippen LogP contribution < -0.4 is 5.32 Å². The summed E-state index contributed by atoms with van der Waals surface area (Å²) < 4.78 is 5.41. The average Bonchev–Trinajstić information content (AvgIpc) is 2.54. The fourth-order valence-corrected chi connectivity index (χ4v) is 3.42. The van der Waals surface area contributed by atoms with E-state index in [1.165, 1.54) is 0 Å². The highest BCUT2D eigenvalue weighted by molar-refractivity contribution is 5.90. The van der Waals surface area contributed by atoms with E-state index >= 15 is 0 Å². The van der Waals surface area contributed by atoms with Crippen molar-refractivity contribution in [2.45, 2.75) is 12.1 Å². The van der Waals surface area contributed by atoms with Crippen molar-refractivity contribution < 1.29 is 9.53 Å². The molecule has 116 valence electrons. The van der Waals surface area contributed by atoms with Crippen LogP contribution in [-0.2, 0) is 16.1 Å². The zero-order valence-corrected chi connectivity index (χ0v) is 12.7. The molecular weight excluding hydrogens is 290 g/mol. The maximum absolute atomic E-state index is 11.8. The van der Waals surface area contributed by atoms with Crippen LogP contribution in [0, 0.1) is 11.3 Å². The smallest absolute Gasteiger partial charge is 0.234 e. The van der Waals surface area contributed by atoms with E-state index in [9.17, 15) is 10.1 Å². The van der Waals surface area contributed by atoms with Gasteiger partial charge in [0.25, 0.3) is 0 Å². The first kappa shape index (κ1) is 14.2. The minimum Gasteiger partial charge on any atom is -0.377 e. The van der Waals surface area contributed by atoms with Crippen LogP contribution in [-0.4, -0.2) is 42.6 Å². The van der Waals surface area contributed by atoms with Gasteiger partial charge in [0.1, 0.15) is 0 Å². The molecule has 4 rings (SSSR count). The number of ether oxygens (including phenoxy) is 1. The number of hydrogen-bond acceptors (Lipinski definition) is 4. The SMILES string of the molecule is N#Cc1ccc(CN2CC(=O)NCC23COC3)c2ccccc12. The first-order valence-corrected chi connectivity index (χ1v) is 7.72. The lowest BCUT2D eigenvalue weighted by Crippen LogP contribution is -2.71. The monoisotopic (exact) mass is 307 g/mol. The molecule has 2 saturated heterocycles. The van der Waals surface area contributed by atoms with Gasteiger partial charge in [-0.1, -0.05) is 30.3 Å². The number of carbonyl (C=O) groups is 1. The Kier molecular flexibility index (Phi) is 3.29. The zero-order chi connectivity index (χ0) is 15.9. The number of rotatable bonds is 2. The van der Waals surface area contributed by atoms with Gasteiger partial charge in [-0.25, -0.2) is 0 Å². The molecule has 1 amide bonds. The lowest BCUT2D eigenvalue weighted by atomic mass is 9.91. The van der Waals surface area contributed by atoms with Crippen LogP contribution >= 0.6 is 0 Å². The molecule has 0 unspecified atom stereocenters. The number of nitrogens with one attached hydrogen (secondary N) is 1. The summed E-state index contributed by atoms with van der Waals surface area (Å²) in [4.78, 5) is 14.0. The predicted octanol–water partition coefficient (Wildman–Crippen LogP) is 1.41. The first-order chi connectivity index (χ1) is 11.2. The highest BCUT2D eigenvalue weighted by atomic mass is 16.5. The van der Waals surface area contributed by atoms with Crippen LogP contribution in [0.15, 0.2) is 36.4 Å². The van der Waals surface area contributed by atoms with Crippen molar-refractivity contribution >= 4 is 16.7 Å². The lowest BCUT2D eigenvalue weighted by Gasteiger charge is -2.52. The zero-order valence-electron chi connectivity index (χ0n) is 12.7. The maximum atomic E-state index is 11.8. The van der Waals surface area contributed by atoms with Crippen LogP contribution in [0.25, 0.3) is 10.8 Å². The second-order valence-electron chi connectivity index (χ2n) is 6.28. The van der Waals surface area contributed by atoms with Gasteiger partial charge in [-0.05, 0) is 22.4 Å². The van der Waals surface area contributed by atoms with Gasteiger partial charge in [-0.15, -0.1) is 0 Å². The molecule has 2 fully saturated rings. The summed E-state index contributed by atoms with van der Waals surface area (Å²) >= 11 is 0. The fraction of sp³-hybridized carbons (Fsp3) is 0.333. The van der Waals surface area contributed by atoms with Crippen molar-refractivity contribution in [3.05, 3.63) is 47.5 Å². The lowest BCUT2D eigenvalue weighted by molar-refractivity contribution is -0.164. The topological polar surface area (TPSA) is 65.4 Å². The first-order valence-electron chi connectivity index (χ1n) is 7.72. The Morgan fingerprint density at radius 3 is 2.70 bits per heavy atom. The number of benzene rings is 2. The molecule has 2 aromatic rings. The molecule has 0 aromatic heterocycles. The average molecular weight is 307 g/mol. The molecular formula is C18H17N3O2. The second kappa shape index (κ2) is 5.34. The predicted molar refractivity (Wildman–Crippen MR) is 85.6 cm³/mol. The number of fused-ring (bicyclic) bond motifs is 1. The number of piperazine rings is 1. The molecule has 2 aliphatic rings. The summed E-state index contributed by atoms with van der Waals surface area (Å²) in [6.45, 7) is 3.02. The number of nitrogens with zero attached hydrogens (tertiary/aromatic N) is 2. The molecule has 2 aromatic carbocycles. The van der Waals surface area contributed by atoms with E-state index < -0.39 is 0 Å². The van der Waals surface area contributed by atoms with Crippen molar-refractivity contribution in [3.8, 4) is 6.07 Å². The van der Waals surface area contributed by atoms with Gasteiger partial charge >= 0.3 is 0 Å². The van der Waals surface area contributed by atoms with Gasteiger partial charge in [0.2, 0.25) is 5.91 Å². The molecule has 5 nitrogen and oxygen atoms in total. The van der Waals surface area contributed by atoms with E-state index in [2.05, 4.69) is 16.3 Å². The largest absolute Gasteiger partial charge is 0.377 e. The Labute approximate surface area is 134 Å². The Morgan fingerprint density at radius 1 is 1.22 bits per heavy atom. The summed E-state index contributed by atoms with van der Waals surface area (Å²) in [6, 6.07) is 14.1. The van der Waals surface area contributed by atoms with Gasteiger partial charge in [-0.3, -0.25) is 9.69 Å². The van der Waals surface area contributed by atoms with Crippen LogP contribution in [0.3, 0.4) is 0 Å². The van der Waals surface area contributed by atoms with Crippen LogP contribution in [0.1, 0.15) is 11.1 Å². The van der Waals surface area contributed by atoms with Gasteiger partial charge in [0.05, 0.1) is 36.9 Å². The third-order valence-corrected chi connectivity index (χ3v) is 4.86. The Balaban J connectivity index is 1.72. The number of hydrogen-bond donors (Lipinski definition) is 1. The molecule has 0 saturated carbocycles. The summed E-state index contributed by atoms with van der Waals surface area (Å²) in [6.07, 6.45) is 0. The van der Waals surface area contributed by atoms with E-state index in [1.54, 1.807) is 0 Å². The van der Waals surface area contributed by atoms with Crippen LogP contribution in [0.2, 0.25) is 0 Å². The van der Waals surface area contributed by atoms with Gasteiger partial charge in [0, 0.05) is 13.1 Å². The third kappa shape index (κ3) is 2.27. The number of nitriles is 1. The number of carbonyl (C=O) groups excluding carboxylic acids is 1. The Hall–Kier alpha value is -2.42.